The fourth-order valence-electron chi connectivity index (χ4n) is 1.63. The molecule has 0 heterocycles. The maximum Gasteiger partial charge on any atom is 0.0897 e. The fourth-order valence-corrected chi connectivity index (χ4v) is 1.63. The highest BCUT2D eigenvalue weighted by molar-refractivity contribution is 5.21. The maximum absolute atomic E-state index is 9.70. The Balaban J connectivity index is 2.03. The summed E-state index contributed by atoms with van der Waals surface area (Å²) >= 11 is 0. The molecule has 0 spiro atoms. The summed E-state index contributed by atoms with van der Waals surface area (Å²) in [7, 11) is 0. The molecular formula is C15H25NO3. The molecule has 1 aromatic rings. The Morgan fingerprint density at radius 3 is 2.53 bits per heavy atom. The van der Waals surface area contributed by atoms with Crippen LogP contribution in [0.25, 0.3) is 0 Å². The first-order chi connectivity index (χ1) is 9.22. The summed E-state index contributed by atoms with van der Waals surface area (Å²) in [4.78, 5) is 0. The molecular weight excluding hydrogens is 242 g/mol. The molecule has 19 heavy (non-hydrogen) atoms. The molecule has 1 atom stereocenters. The lowest BCUT2D eigenvalue weighted by Crippen LogP contribution is -2.30. The minimum absolute atomic E-state index is 0.341. The van der Waals surface area contributed by atoms with Crippen LogP contribution >= 0.6 is 0 Å². The molecule has 4 heteroatoms. The van der Waals surface area contributed by atoms with Gasteiger partial charge in [0.1, 0.15) is 0 Å². The minimum atomic E-state index is -0.480. The van der Waals surface area contributed by atoms with Crippen LogP contribution in [0.2, 0.25) is 0 Å². The maximum atomic E-state index is 9.70. The van der Waals surface area contributed by atoms with E-state index in [2.05, 4.69) is 36.5 Å². The summed E-state index contributed by atoms with van der Waals surface area (Å²) in [5, 5.41) is 12.9. The molecule has 0 fully saturated rings. The molecule has 0 aliphatic rings. The average Bonchev–Trinajstić information content (AvgIpc) is 2.41. The van der Waals surface area contributed by atoms with Gasteiger partial charge in [-0.2, -0.15) is 0 Å². The Kier molecular flexibility index (Phi) is 8.41. The van der Waals surface area contributed by atoms with Crippen molar-refractivity contribution in [3.05, 3.63) is 35.4 Å². The summed E-state index contributed by atoms with van der Waals surface area (Å²) in [5.41, 5.74) is 2.47. The molecule has 108 valence electrons. The molecule has 1 aromatic carbocycles. The van der Waals surface area contributed by atoms with Crippen molar-refractivity contribution in [2.75, 3.05) is 33.0 Å². The van der Waals surface area contributed by atoms with Gasteiger partial charge in [-0.3, -0.25) is 0 Å². The van der Waals surface area contributed by atoms with E-state index in [1.165, 1.54) is 11.1 Å². The van der Waals surface area contributed by atoms with E-state index >= 15 is 0 Å². The SMILES string of the molecule is CCOCCOCC(O)CNCc1ccc(C)cc1. The number of aliphatic hydroxyl groups is 1. The fraction of sp³-hybridized carbons (Fsp3) is 0.600. The van der Waals surface area contributed by atoms with Gasteiger partial charge < -0.3 is 19.9 Å². The van der Waals surface area contributed by atoms with Gasteiger partial charge in [0.15, 0.2) is 0 Å². The first-order valence-electron chi connectivity index (χ1n) is 6.82. The van der Waals surface area contributed by atoms with Crippen molar-refractivity contribution in [3.8, 4) is 0 Å². The lowest BCUT2D eigenvalue weighted by Gasteiger charge is -2.12. The quantitative estimate of drug-likeness (QED) is 0.631. The molecule has 0 aromatic heterocycles. The first kappa shape index (κ1) is 16.1. The smallest absolute Gasteiger partial charge is 0.0897 e. The van der Waals surface area contributed by atoms with Crippen molar-refractivity contribution < 1.29 is 14.6 Å². The summed E-state index contributed by atoms with van der Waals surface area (Å²) in [5.74, 6) is 0. The van der Waals surface area contributed by atoms with Crippen molar-refractivity contribution in [1.29, 1.82) is 0 Å². The lowest BCUT2D eigenvalue weighted by molar-refractivity contribution is 0.00643. The highest BCUT2D eigenvalue weighted by atomic mass is 16.5. The molecule has 0 aliphatic heterocycles. The Hall–Kier alpha value is -0.940. The molecule has 0 amide bonds. The molecule has 4 nitrogen and oxygen atoms in total. The second-order valence-corrected chi connectivity index (χ2v) is 4.54. The second-order valence-electron chi connectivity index (χ2n) is 4.54. The molecule has 1 rings (SSSR count). The van der Waals surface area contributed by atoms with Gasteiger partial charge in [0.2, 0.25) is 0 Å². The number of aryl methyl sites for hydroxylation is 1. The number of aliphatic hydroxyl groups excluding tert-OH is 1. The van der Waals surface area contributed by atoms with Gasteiger partial charge in [-0.05, 0) is 19.4 Å². The number of benzene rings is 1. The summed E-state index contributed by atoms with van der Waals surface area (Å²) in [6, 6.07) is 8.36. The third-order valence-electron chi connectivity index (χ3n) is 2.72. The van der Waals surface area contributed by atoms with Gasteiger partial charge in [-0.25, -0.2) is 0 Å². The van der Waals surface area contributed by atoms with E-state index in [9.17, 15) is 5.11 Å². The highest BCUT2D eigenvalue weighted by Crippen LogP contribution is 2.02. The van der Waals surface area contributed by atoms with E-state index in [0.717, 1.165) is 6.54 Å². The zero-order chi connectivity index (χ0) is 13.9. The average molecular weight is 267 g/mol. The van der Waals surface area contributed by atoms with Crippen molar-refractivity contribution in [1.82, 2.24) is 5.32 Å². The van der Waals surface area contributed by atoms with E-state index in [4.69, 9.17) is 9.47 Å². The van der Waals surface area contributed by atoms with Crippen LogP contribution in [0.1, 0.15) is 18.1 Å². The Bertz CT molecular complexity index is 327. The van der Waals surface area contributed by atoms with E-state index < -0.39 is 6.10 Å². The summed E-state index contributed by atoms with van der Waals surface area (Å²) < 4.78 is 10.4. The lowest BCUT2D eigenvalue weighted by atomic mass is 10.1. The summed E-state index contributed by atoms with van der Waals surface area (Å²) in [6.07, 6.45) is -0.480. The number of rotatable bonds is 10. The molecule has 0 aliphatic carbocycles. The van der Waals surface area contributed by atoms with Crippen molar-refractivity contribution in [2.45, 2.75) is 26.5 Å². The Morgan fingerprint density at radius 1 is 1.16 bits per heavy atom. The first-order valence-corrected chi connectivity index (χ1v) is 6.82. The predicted molar refractivity (Wildman–Crippen MR) is 76.2 cm³/mol. The molecule has 0 saturated carbocycles. The van der Waals surface area contributed by atoms with Crippen LogP contribution in [-0.2, 0) is 16.0 Å². The second kappa shape index (κ2) is 9.92. The van der Waals surface area contributed by atoms with Gasteiger partial charge in [0, 0.05) is 19.7 Å². The van der Waals surface area contributed by atoms with E-state index in [1.807, 2.05) is 6.92 Å². The topological polar surface area (TPSA) is 50.7 Å². The zero-order valence-corrected chi connectivity index (χ0v) is 11.9. The van der Waals surface area contributed by atoms with Crippen molar-refractivity contribution in [2.24, 2.45) is 0 Å². The van der Waals surface area contributed by atoms with Crippen LogP contribution < -0.4 is 5.32 Å². The number of nitrogens with one attached hydrogen (secondary N) is 1. The van der Waals surface area contributed by atoms with Crippen LogP contribution in [0, 0.1) is 6.92 Å². The largest absolute Gasteiger partial charge is 0.389 e. The van der Waals surface area contributed by atoms with Gasteiger partial charge in [0.05, 0.1) is 25.9 Å². The standard InChI is InChI=1S/C15H25NO3/c1-3-18-8-9-19-12-15(17)11-16-10-14-6-4-13(2)5-7-14/h4-7,15-17H,3,8-12H2,1-2H3. The van der Waals surface area contributed by atoms with Crippen LogP contribution in [0.5, 0.6) is 0 Å². The molecule has 1 unspecified atom stereocenters. The van der Waals surface area contributed by atoms with Crippen LogP contribution in [0.3, 0.4) is 0 Å². The van der Waals surface area contributed by atoms with Gasteiger partial charge in [-0.15, -0.1) is 0 Å². The predicted octanol–water partition coefficient (Wildman–Crippen LogP) is 1.50. The van der Waals surface area contributed by atoms with Gasteiger partial charge in [0.25, 0.3) is 0 Å². The molecule has 0 radical (unpaired) electrons. The van der Waals surface area contributed by atoms with E-state index in [1.54, 1.807) is 0 Å². The van der Waals surface area contributed by atoms with Gasteiger partial charge in [-0.1, -0.05) is 29.8 Å². The highest BCUT2D eigenvalue weighted by Gasteiger charge is 2.03. The summed E-state index contributed by atoms with van der Waals surface area (Å²) in [6.45, 7) is 7.46. The Labute approximate surface area is 115 Å². The van der Waals surface area contributed by atoms with Gasteiger partial charge >= 0.3 is 0 Å². The van der Waals surface area contributed by atoms with Crippen LogP contribution in [0.15, 0.2) is 24.3 Å². The molecule has 2 N–H and O–H groups in total. The monoisotopic (exact) mass is 267 g/mol. The van der Waals surface area contributed by atoms with E-state index in [-0.39, 0.29) is 0 Å². The third kappa shape index (κ3) is 7.95. The molecule has 0 saturated heterocycles. The minimum Gasteiger partial charge on any atom is -0.389 e. The normalized spacial score (nSPS) is 12.6. The van der Waals surface area contributed by atoms with Crippen molar-refractivity contribution >= 4 is 0 Å². The van der Waals surface area contributed by atoms with Crippen LogP contribution in [-0.4, -0.2) is 44.2 Å². The molecule has 0 bridgehead atoms. The Morgan fingerprint density at radius 2 is 1.84 bits per heavy atom. The number of hydrogen-bond acceptors (Lipinski definition) is 4. The number of hydrogen-bond donors (Lipinski definition) is 2. The van der Waals surface area contributed by atoms with Crippen LogP contribution in [0.4, 0.5) is 0 Å². The van der Waals surface area contributed by atoms with Crippen molar-refractivity contribution in [3.63, 3.8) is 0 Å². The zero-order valence-electron chi connectivity index (χ0n) is 11.9. The third-order valence-corrected chi connectivity index (χ3v) is 2.72. The number of ether oxygens (including phenoxy) is 2. The van der Waals surface area contributed by atoms with E-state index in [0.29, 0.717) is 33.0 Å².